The number of anilines is 2. The molecular formula is C11H16N2O6S2. The predicted octanol–water partition coefficient (Wildman–Crippen LogP) is 0.186. The summed E-state index contributed by atoms with van der Waals surface area (Å²) in [6, 6.07) is 4.08. The molecule has 118 valence electrons. The summed E-state index contributed by atoms with van der Waals surface area (Å²) in [5, 5.41) is 0. The molecular weight excluding hydrogens is 320 g/mol. The molecule has 0 atom stereocenters. The third-order valence-electron chi connectivity index (χ3n) is 3.03. The van der Waals surface area contributed by atoms with E-state index in [2.05, 4.69) is 4.72 Å². The summed E-state index contributed by atoms with van der Waals surface area (Å²) in [4.78, 5) is 0.0424. The van der Waals surface area contributed by atoms with Crippen LogP contribution in [0.5, 0.6) is 0 Å². The molecule has 0 spiro atoms. The first kappa shape index (κ1) is 16.0. The SMILES string of the molecule is COC(CN1c2ccc(S(C)(=O)=O)cc2NS1(=O)=O)OC. The Morgan fingerprint density at radius 1 is 1.29 bits per heavy atom. The van der Waals surface area contributed by atoms with Gasteiger partial charge in [0.05, 0.1) is 22.8 Å². The molecule has 1 heterocycles. The van der Waals surface area contributed by atoms with Gasteiger partial charge in [0.2, 0.25) is 0 Å². The summed E-state index contributed by atoms with van der Waals surface area (Å²) in [5.41, 5.74) is 0.561. The van der Waals surface area contributed by atoms with Crippen LogP contribution in [-0.2, 0) is 29.5 Å². The highest BCUT2D eigenvalue weighted by Crippen LogP contribution is 2.37. The molecule has 1 aromatic carbocycles. The Hall–Kier alpha value is -1.36. The van der Waals surface area contributed by atoms with Gasteiger partial charge in [0.1, 0.15) is 0 Å². The number of methoxy groups -OCH3 is 2. The van der Waals surface area contributed by atoms with Crippen molar-refractivity contribution >= 4 is 31.4 Å². The Labute approximate surface area is 123 Å². The fourth-order valence-corrected chi connectivity index (χ4v) is 3.88. The van der Waals surface area contributed by atoms with Crippen molar-refractivity contribution in [2.75, 3.05) is 36.0 Å². The largest absolute Gasteiger partial charge is 0.354 e. The van der Waals surface area contributed by atoms with Crippen LogP contribution in [-0.4, -0.2) is 50.1 Å². The second-order valence-electron chi connectivity index (χ2n) is 4.49. The maximum Gasteiger partial charge on any atom is 0.324 e. The zero-order valence-corrected chi connectivity index (χ0v) is 13.4. The highest BCUT2D eigenvalue weighted by Gasteiger charge is 2.35. The number of benzene rings is 1. The molecule has 0 aliphatic carbocycles. The number of rotatable bonds is 5. The van der Waals surface area contributed by atoms with Gasteiger partial charge in [-0.25, -0.2) is 12.7 Å². The van der Waals surface area contributed by atoms with E-state index in [1.165, 1.54) is 32.4 Å². The maximum absolute atomic E-state index is 12.1. The fourth-order valence-electron chi connectivity index (χ4n) is 1.95. The first-order valence-corrected chi connectivity index (χ1v) is 9.22. The second kappa shape index (κ2) is 5.44. The molecule has 0 saturated carbocycles. The van der Waals surface area contributed by atoms with Crippen LogP contribution in [0.25, 0.3) is 0 Å². The van der Waals surface area contributed by atoms with E-state index in [1.54, 1.807) is 0 Å². The van der Waals surface area contributed by atoms with Crippen LogP contribution in [0.3, 0.4) is 0 Å². The van der Waals surface area contributed by atoms with Crippen molar-refractivity contribution in [3.8, 4) is 0 Å². The highest BCUT2D eigenvalue weighted by atomic mass is 32.2. The van der Waals surface area contributed by atoms with Crippen LogP contribution in [0.2, 0.25) is 0 Å². The number of nitrogens with zero attached hydrogens (tertiary/aromatic N) is 1. The van der Waals surface area contributed by atoms with Gasteiger partial charge in [-0.2, -0.15) is 8.42 Å². The Bertz CT molecular complexity index is 740. The van der Waals surface area contributed by atoms with E-state index in [1.807, 2.05) is 0 Å². The van der Waals surface area contributed by atoms with E-state index in [4.69, 9.17) is 9.47 Å². The monoisotopic (exact) mass is 336 g/mol. The molecule has 0 unspecified atom stereocenters. The molecule has 1 aliphatic rings. The Balaban J connectivity index is 2.44. The van der Waals surface area contributed by atoms with Crippen molar-refractivity contribution in [1.29, 1.82) is 0 Å². The standard InChI is InChI=1S/C11H16N2O6S2/c1-18-11(19-2)7-13-10-5-4-8(20(3,14)15)6-9(10)12-21(13,16)17/h4-6,11-12H,7H2,1-3H3. The number of hydrogen-bond acceptors (Lipinski definition) is 6. The third kappa shape index (κ3) is 3.12. The molecule has 1 N–H and O–H groups in total. The third-order valence-corrected chi connectivity index (χ3v) is 5.55. The minimum Gasteiger partial charge on any atom is -0.354 e. The minimum absolute atomic E-state index is 0.0424. The number of nitrogens with one attached hydrogen (secondary N) is 1. The molecule has 10 heteroatoms. The molecule has 0 aromatic heterocycles. The lowest BCUT2D eigenvalue weighted by atomic mass is 10.2. The van der Waals surface area contributed by atoms with Gasteiger partial charge in [0.25, 0.3) is 0 Å². The normalized spacial score (nSPS) is 16.9. The molecule has 21 heavy (non-hydrogen) atoms. The fraction of sp³-hybridized carbons (Fsp3) is 0.455. The summed E-state index contributed by atoms with van der Waals surface area (Å²) in [7, 11) is -4.41. The molecule has 0 radical (unpaired) electrons. The van der Waals surface area contributed by atoms with E-state index in [0.717, 1.165) is 10.6 Å². The lowest BCUT2D eigenvalue weighted by molar-refractivity contribution is -0.0931. The van der Waals surface area contributed by atoms with E-state index in [-0.39, 0.29) is 17.1 Å². The van der Waals surface area contributed by atoms with Crippen LogP contribution in [0, 0.1) is 0 Å². The van der Waals surface area contributed by atoms with Gasteiger partial charge in [-0.3, -0.25) is 4.72 Å². The first-order chi connectivity index (χ1) is 9.69. The summed E-state index contributed by atoms with van der Waals surface area (Å²) in [6.07, 6.45) is 0.323. The van der Waals surface area contributed by atoms with E-state index >= 15 is 0 Å². The number of ether oxygens (including phenoxy) is 2. The topological polar surface area (TPSA) is 102 Å². The molecule has 0 saturated heterocycles. The molecule has 0 amide bonds. The molecule has 2 rings (SSSR count). The second-order valence-corrected chi connectivity index (χ2v) is 8.10. The molecule has 0 fully saturated rings. The van der Waals surface area contributed by atoms with Crippen LogP contribution in [0.4, 0.5) is 11.4 Å². The maximum atomic E-state index is 12.1. The number of sulfone groups is 1. The average molecular weight is 336 g/mol. The van der Waals surface area contributed by atoms with Crippen molar-refractivity contribution in [3.63, 3.8) is 0 Å². The highest BCUT2D eigenvalue weighted by molar-refractivity contribution is 7.94. The van der Waals surface area contributed by atoms with Crippen molar-refractivity contribution in [2.24, 2.45) is 0 Å². The Morgan fingerprint density at radius 2 is 1.90 bits per heavy atom. The number of fused-ring (bicyclic) bond motifs is 1. The average Bonchev–Trinajstić information content (AvgIpc) is 2.64. The quantitative estimate of drug-likeness (QED) is 0.770. The minimum atomic E-state index is -3.80. The van der Waals surface area contributed by atoms with Gasteiger partial charge in [-0.1, -0.05) is 0 Å². The summed E-state index contributed by atoms with van der Waals surface area (Å²) >= 11 is 0. The summed E-state index contributed by atoms with van der Waals surface area (Å²) in [5.74, 6) is 0. The van der Waals surface area contributed by atoms with Crippen LogP contribution < -0.4 is 9.03 Å². The van der Waals surface area contributed by atoms with Crippen LogP contribution in [0.1, 0.15) is 0 Å². The molecule has 8 nitrogen and oxygen atoms in total. The Kier molecular flexibility index (Phi) is 4.15. The molecule has 0 bridgehead atoms. The zero-order chi connectivity index (χ0) is 15.8. The predicted molar refractivity (Wildman–Crippen MR) is 77.2 cm³/mol. The van der Waals surface area contributed by atoms with Gasteiger partial charge < -0.3 is 9.47 Å². The van der Waals surface area contributed by atoms with Crippen LogP contribution >= 0.6 is 0 Å². The van der Waals surface area contributed by atoms with Crippen molar-refractivity contribution in [3.05, 3.63) is 18.2 Å². The first-order valence-electron chi connectivity index (χ1n) is 5.89. The summed E-state index contributed by atoms with van der Waals surface area (Å²) < 4.78 is 60.6. The van der Waals surface area contributed by atoms with E-state index in [9.17, 15) is 16.8 Å². The van der Waals surface area contributed by atoms with Gasteiger partial charge in [-0.15, -0.1) is 0 Å². The lowest BCUT2D eigenvalue weighted by Crippen LogP contribution is -2.38. The van der Waals surface area contributed by atoms with E-state index in [0.29, 0.717) is 5.69 Å². The van der Waals surface area contributed by atoms with Crippen molar-refractivity contribution in [2.45, 2.75) is 11.2 Å². The van der Waals surface area contributed by atoms with Crippen LogP contribution in [0.15, 0.2) is 23.1 Å². The summed E-state index contributed by atoms with van der Waals surface area (Å²) in [6.45, 7) is -0.0481. The van der Waals surface area contributed by atoms with Crippen molar-refractivity contribution in [1.82, 2.24) is 0 Å². The molecule has 1 aliphatic heterocycles. The van der Waals surface area contributed by atoms with Gasteiger partial charge in [0, 0.05) is 20.5 Å². The van der Waals surface area contributed by atoms with E-state index < -0.39 is 26.3 Å². The van der Waals surface area contributed by atoms with Gasteiger partial charge >= 0.3 is 10.2 Å². The lowest BCUT2D eigenvalue weighted by Gasteiger charge is -2.21. The smallest absolute Gasteiger partial charge is 0.324 e. The van der Waals surface area contributed by atoms with Gasteiger partial charge in [0.15, 0.2) is 16.1 Å². The number of hydrogen-bond donors (Lipinski definition) is 1. The Morgan fingerprint density at radius 3 is 2.43 bits per heavy atom. The molecule has 1 aromatic rings. The zero-order valence-electron chi connectivity index (χ0n) is 11.7. The van der Waals surface area contributed by atoms with Gasteiger partial charge in [-0.05, 0) is 18.2 Å². The van der Waals surface area contributed by atoms with Crippen molar-refractivity contribution < 1.29 is 26.3 Å².